The molecule has 0 spiro atoms. The first-order valence-corrected chi connectivity index (χ1v) is 9.80. The number of methoxy groups -OCH3 is 1. The smallest absolute Gasteiger partial charge is 0.321 e. The Hall–Kier alpha value is -1.71. The van der Waals surface area contributed by atoms with Crippen molar-refractivity contribution >= 4 is 17.8 Å². The number of piperidine rings is 1. The van der Waals surface area contributed by atoms with E-state index >= 15 is 0 Å². The first-order valence-electron chi connectivity index (χ1n) is 9.80. The molecule has 0 saturated carbocycles. The fraction of sp³-hybridized carbons (Fsp3) is 0.833. The summed E-state index contributed by atoms with van der Waals surface area (Å²) in [7, 11) is 1.56. The highest BCUT2D eigenvalue weighted by Crippen LogP contribution is 2.15. The van der Waals surface area contributed by atoms with Crippen molar-refractivity contribution in [3.05, 3.63) is 0 Å². The van der Waals surface area contributed by atoms with E-state index in [-0.39, 0.29) is 30.4 Å². The summed E-state index contributed by atoms with van der Waals surface area (Å²) in [6.45, 7) is 5.47. The molecule has 0 bridgehead atoms. The molecule has 2 fully saturated rings. The van der Waals surface area contributed by atoms with E-state index in [1.807, 2.05) is 4.90 Å². The summed E-state index contributed by atoms with van der Waals surface area (Å²) < 4.78 is 4.95. The molecule has 154 valence electrons. The zero-order valence-corrected chi connectivity index (χ0v) is 16.4. The van der Waals surface area contributed by atoms with Crippen molar-refractivity contribution in [1.82, 2.24) is 26.2 Å². The van der Waals surface area contributed by atoms with Crippen molar-refractivity contribution in [2.75, 3.05) is 46.4 Å². The molecule has 2 heterocycles. The quantitative estimate of drug-likeness (QED) is 0.447. The SMILES string of the molecule is COCC(C)NC(=O)NC(=O)CN1CCCC(CNC(=O)C2CCCN2)C1. The molecule has 0 aromatic rings. The summed E-state index contributed by atoms with van der Waals surface area (Å²) in [6, 6.07) is -0.732. The van der Waals surface area contributed by atoms with Gasteiger partial charge >= 0.3 is 6.03 Å². The molecule has 0 aliphatic carbocycles. The Bertz CT molecular complexity index is 510. The normalized spacial score (nSPS) is 24.2. The molecular weight excluding hydrogens is 350 g/mol. The Balaban J connectivity index is 1.66. The summed E-state index contributed by atoms with van der Waals surface area (Å²) in [5.74, 6) is 0.0774. The van der Waals surface area contributed by atoms with Crippen LogP contribution in [0, 0.1) is 5.92 Å². The maximum Gasteiger partial charge on any atom is 0.321 e. The van der Waals surface area contributed by atoms with Crippen molar-refractivity contribution in [1.29, 1.82) is 0 Å². The van der Waals surface area contributed by atoms with Crippen molar-refractivity contribution in [2.45, 2.75) is 44.7 Å². The fourth-order valence-electron chi connectivity index (χ4n) is 3.66. The molecule has 0 aromatic heterocycles. The highest BCUT2D eigenvalue weighted by atomic mass is 16.5. The lowest BCUT2D eigenvalue weighted by molar-refractivity contribution is -0.124. The van der Waals surface area contributed by atoms with E-state index < -0.39 is 6.03 Å². The molecule has 3 unspecified atom stereocenters. The average molecular weight is 383 g/mol. The van der Waals surface area contributed by atoms with Crippen LogP contribution in [0.4, 0.5) is 4.79 Å². The monoisotopic (exact) mass is 383 g/mol. The predicted octanol–water partition coefficient (Wildman–Crippen LogP) is -0.573. The van der Waals surface area contributed by atoms with E-state index in [4.69, 9.17) is 4.74 Å². The summed E-state index contributed by atoms with van der Waals surface area (Å²) in [5, 5.41) is 11.2. The van der Waals surface area contributed by atoms with Crippen molar-refractivity contribution < 1.29 is 19.1 Å². The number of likely N-dealkylation sites (tertiary alicyclic amines) is 1. The van der Waals surface area contributed by atoms with Crippen LogP contribution >= 0.6 is 0 Å². The van der Waals surface area contributed by atoms with Gasteiger partial charge in [-0.2, -0.15) is 0 Å². The predicted molar refractivity (Wildman–Crippen MR) is 101 cm³/mol. The molecule has 2 rings (SSSR count). The zero-order chi connectivity index (χ0) is 19.6. The average Bonchev–Trinajstić information content (AvgIpc) is 3.14. The van der Waals surface area contributed by atoms with Gasteiger partial charge in [0.15, 0.2) is 0 Å². The van der Waals surface area contributed by atoms with Gasteiger partial charge in [0.2, 0.25) is 11.8 Å². The topological polar surface area (TPSA) is 112 Å². The first-order chi connectivity index (χ1) is 13.0. The molecule has 2 aliphatic heterocycles. The fourth-order valence-corrected chi connectivity index (χ4v) is 3.66. The lowest BCUT2D eigenvalue weighted by atomic mass is 9.98. The molecule has 2 saturated heterocycles. The zero-order valence-electron chi connectivity index (χ0n) is 16.4. The number of nitrogens with zero attached hydrogens (tertiary/aromatic N) is 1. The highest BCUT2D eigenvalue weighted by molar-refractivity contribution is 5.95. The Morgan fingerprint density at radius 1 is 1.26 bits per heavy atom. The Morgan fingerprint density at radius 3 is 2.78 bits per heavy atom. The molecule has 2 aliphatic rings. The summed E-state index contributed by atoms with van der Waals surface area (Å²) >= 11 is 0. The van der Waals surface area contributed by atoms with Crippen LogP contribution in [0.25, 0.3) is 0 Å². The molecule has 27 heavy (non-hydrogen) atoms. The molecule has 4 N–H and O–H groups in total. The van der Waals surface area contributed by atoms with E-state index in [1.165, 1.54) is 0 Å². The largest absolute Gasteiger partial charge is 0.383 e. The molecule has 9 heteroatoms. The molecule has 3 atom stereocenters. The van der Waals surface area contributed by atoms with E-state index in [2.05, 4.69) is 21.3 Å². The van der Waals surface area contributed by atoms with Crippen LogP contribution in [-0.4, -0.2) is 81.3 Å². The minimum absolute atomic E-state index is 0.0607. The number of hydrogen-bond donors (Lipinski definition) is 4. The highest BCUT2D eigenvalue weighted by Gasteiger charge is 2.25. The van der Waals surface area contributed by atoms with Crippen LogP contribution in [0.3, 0.4) is 0 Å². The third-order valence-electron chi connectivity index (χ3n) is 4.96. The number of carbonyl (C=O) groups is 3. The Morgan fingerprint density at radius 2 is 2.07 bits per heavy atom. The summed E-state index contributed by atoms with van der Waals surface area (Å²) in [6.07, 6.45) is 3.95. The molecule has 9 nitrogen and oxygen atoms in total. The van der Waals surface area contributed by atoms with Crippen molar-refractivity contribution in [3.63, 3.8) is 0 Å². The first kappa shape index (κ1) is 21.6. The Kier molecular flexibility index (Phi) is 8.96. The lowest BCUT2D eigenvalue weighted by Gasteiger charge is -2.32. The van der Waals surface area contributed by atoms with Crippen LogP contribution in [0.5, 0.6) is 0 Å². The minimum Gasteiger partial charge on any atom is -0.383 e. The van der Waals surface area contributed by atoms with Gasteiger partial charge in [-0.05, 0) is 51.6 Å². The number of imide groups is 1. The van der Waals surface area contributed by atoms with Gasteiger partial charge in [0, 0.05) is 20.2 Å². The van der Waals surface area contributed by atoms with Gasteiger partial charge in [-0.3, -0.25) is 19.8 Å². The van der Waals surface area contributed by atoms with Gasteiger partial charge in [0.1, 0.15) is 0 Å². The van der Waals surface area contributed by atoms with Crippen LogP contribution in [0.2, 0.25) is 0 Å². The second-order valence-corrected chi connectivity index (χ2v) is 7.52. The van der Waals surface area contributed by atoms with E-state index in [0.29, 0.717) is 19.1 Å². The van der Waals surface area contributed by atoms with Crippen LogP contribution in [0.15, 0.2) is 0 Å². The maximum atomic E-state index is 12.1. The van der Waals surface area contributed by atoms with Gasteiger partial charge < -0.3 is 20.7 Å². The van der Waals surface area contributed by atoms with Gasteiger partial charge in [0.05, 0.1) is 25.2 Å². The molecular formula is C18H33N5O4. The summed E-state index contributed by atoms with van der Waals surface area (Å²) in [4.78, 5) is 38.0. The second-order valence-electron chi connectivity index (χ2n) is 7.52. The number of nitrogens with one attached hydrogen (secondary N) is 4. The third kappa shape index (κ3) is 7.82. The van der Waals surface area contributed by atoms with Crippen molar-refractivity contribution in [3.8, 4) is 0 Å². The van der Waals surface area contributed by atoms with Crippen molar-refractivity contribution in [2.24, 2.45) is 5.92 Å². The van der Waals surface area contributed by atoms with Gasteiger partial charge in [-0.1, -0.05) is 0 Å². The number of hydrogen-bond acceptors (Lipinski definition) is 6. The van der Waals surface area contributed by atoms with E-state index in [0.717, 1.165) is 45.3 Å². The van der Waals surface area contributed by atoms with Gasteiger partial charge in [-0.15, -0.1) is 0 Å². The Labute approximate surface area is 160 Å². The minimum atomic E-state index is -0.505. The van der Waals surface area contributed by atoms with Gasteiger partial charge in [0.25, 0.3) is 0 Å². The number of rotatable bonds is 8. The number of amides is 4. The van der Waals surface area contributed by atoms with Gasteiger partial charge in [-0.25, -0.2) is 4.79 Å². The standard InChI is InChI=1S/C18H33N5O4/c1-13(12-27-2)21-18(26)22-16(24)11-23-8-4-5-14(10-23)9-20-17(25)15-6-3-7-19-15/h13-15,19H,3-12H2,1-2H3,(H,20,25)(H2,21,22,24,26). The molecule has 0 aromatic carbocycles. The molecule has 0 radical (unpaired) electrons. The third-order valence-corrected chi connectivity index (χ3v) is 4.96. The molecule has 4 amide bonds. The number of urea groups is 1. The second kappa shape index (κ2) is 11.2. The summed E-state index contributed by atoms with van der Waals surface area (Å²) in [5.41, 5.74) is 0. The van der Waals surface area contributed by atoms with E-state index in [9.17, 15) is 14.4 Å². The van der Waals surface area contributed by atoms with Crippen LogP contribution in [0.1, 0.15) is 32.6 Å². The van der Waals surface area contributed by atoms with E-state index in [1.54, 1.807) is 14.0 Å². The number of carbonyl (C=O) groups excluding carboxylic acids is 3. The maximum absolute atomic E-state index is 12.1. The lowest BCUT2D eigenvalue weighted by Crippen LogP contribution is -2.50. The number of ether oxygens (including phenoxy) is 1. The van der Waals surface area contributed by atoms with Crippen LogP contribution in [-0.2, 0) is 14.3 Å². The van der Waals surface area contributed by atoms with Crippen LogP contribution < -0.4 is 21.3 Å².